The molecule has 2 aromatic rings. The molecule has 26 heavy (non-hydrogen) atoms. The number of hydrogen-bond acceptors (Lipinski definition) is 5. The summed E-state index contributed by atoms with van der Waals surface area (Å²) in [6.45, 7) is 0.982. The Bertz CT molecular complexity index is 721. The molecule has 1 aliphatic heterocycles. The number of likely N-dealkylation sites (tertiary alicyclic amines) is 1. The lowest BCUT2D eigenvalue weighted by atomic mass is 10.2. The normalized spacial score (nSPS) is 19.4. The van der Waals surface area contributed by atoms with E-state index in [4.69, 9.17) is 14.2 Å². The number of hydrogen-bond donors (Lipinski definition) is 1. The van der Waals surface area contributed by atoms with Crippen LogP contribution in [0.1, 0.15) is 11.1 Å². The van der Waals surface area contributed by atoms with E-state index >= 15 is 0 Å². The third-order valence-corrected chi connectivity index (χ3v) is 4.35. The Morgan fingerprint density at radius 1 is 1.08 bits per heavy atom. The van der Waals surface area contributed by atoms with E-state index in [1.807, 2.05) is 48.5 Å². The van der Waals surface area contributed by atoms with Gasteiger partial charge in [-0.2, -0.15) is 0 Å². The molecule has 1 heterocycles. The van der Waals surface area contributed by atoms with Crippen molar-refractivity contribution in [2.24, 2.45) is 0 Å². The first-order chi connectivity index (χ1) is 12.7. The van der Waals surface area contributed by atoms with Gasteiger partial charge < -0.3 is 24.2 Å². The number of carbonyl (C=O) groups is 1. The Balaban J connectivity index is 1.58. The van der Waals surface area contributed by atoms with E-state index in [0.717, 1.165) is 11.1 Å². The quantitative estimate of drug-likeness (QED) is 0.861. The largest absolute Gasteiger partial charge is 0.486 e. The molecule has 0 saturated carbocycles. The van der Waals surface area contributed by atoms with Crippen LogP contribution in [0.4, 0.5) is 4.79 Å². The maximum Gasteiger partial charge on any atom is 0.410 e. The van der Waals surface area contributed by atoms with Crippen LogP contribution < -0.4 is 4.74 Å². The Kier molecular flexibility index (Phi) is 6.09. The van der Waals surface area contributed by atoms with Crippen molar-refractivity contribution < 1.29 is 24.1 Å². The minimum absolute atomic E-state index is 0.0481. The lowest BCUT2D eigenvalue weighted by Crippen LogP contribution is -2.32. The lowest BCUT2D eigenvalue weighted by Gasteiger charge is -2.19. The second kappa shape index (κ2) is 8.69. The van der Waals surface area contributed by atoms with Crippen LogP contribution in [0.25, 0.3) is 0 Å². The minimum atomic E-state index is -0.383. The third-order valence-electron chi connectivity index (χ3n) is 4.35. The lowest BCUT2D eigenvalue weighted by molar-refractivity contribution is 0.0338. The van der Waals surface area contributed by atoms with Gasteiger partial charge in [0.05, 0.1) is 19.7 Å². The molecule has 1 saturated heterocycles. The van der Waals surface area contributed by atoms with Gasteiger partial charge in [-0.1, -0.05) is 42.5 Å². The Hall–Kier alpha value is -2.57. The Morgan fingerprint density at radius 2 is 1.81 bits per heavy atom. The molecule has 1 aliphatic rings. The number of amides is 1. The fourth-order valence-electron chi connectivity index (χ4n) is 2.94. The molecule has 3 rings (SSSR count). The van der Waals surface area contributed by atoms with Crippen LogP contribution in [0.5, 0.6) is 5.75 Å². The highest BCUT2D eigenvalue weighted by atomic mass is 16.6. The molecule has 2 aromatic carbocycles. The van der Waals surface area contributed by atoms with Crippen LogP contribution in [-0.4, -0.2) is 48.5 Å². The van der Waals surface area contributed by atoms with Crippen LogP contribution in [0, 0.1) is 0 Å². The number of aliphatic hydroxyl groups is 1. The summed E-state index contributed by atoms with van der Waals surface area (Å²) in [7, 11) is 1.60. The van der Waals surface area contributed by atoms with Crippen molar-refractivity contribution in [3.63, 3.8) is 0 Å². The fraction of sp³-hybridized carbons (Fsp3) is 0.350. The fourth-order valence-corrected chi connectivity index (χ4v) is 2.94. The first-order valence-corrected chi connectivity index (χ1v) is 8.54. The van der Waals surface area contributed by atoms with Gasteiger partial charge >= 0.3 is 6.09 Å². The molecule has 138 valence electrons. The van der Waals surface area contributed by atoms with Crippen molar-refractivity contribution in [2.45, 2.75) is 25.4 Å². The van der Waals surface area contributed by atoms with Crippen molar-refractivity contribution in [3.05, 3.63) is 65.7 Å². The molecule has 0 radical (unpaired) electrons. The summed E-state index contributed by atoms with van der Waals surface area (Å²) in [6.07, 6.45) is -0.915. The van der Waals surface area contributed by atoms with Crippen LogP contribution in [-0.2, 0) is 22.7 Å². The predicted molar refractivity (Wildman–Crippen MR) is 95.8 cm³/mol. The number of rotatable bonds is 6. The van der Waals surface area contributed by atoms with Gasteiger partial charge in [-0.25, -0.2) is 4.79 Å². The van der Waals surface area contributed by atoms with Crippen molar-refractivity contribution in [2.75, 3.05) is 20.2 Å². The molecule has 2 atom stereocenters. The average Bonchev–Trinajstić information content (AvgIpc) is 3.10. The minimum Gasteiger partial charge on any atom is -0.486 e. The van der Waals surface area contributed by atoms with Crippen molar-refractivity contribution in [3.8, 4) is 5.75 Å². The third kappa shape index (κ3) is 4.53. The number of aliphatic hydroxyl groups excluding tert-OH is 1. The average molecular weight is 357 g/mol. The highest BCUT2D eigenvalue weighted by molar-refractivity contribution is 5.68. The van der Waals surface area contributed by atoms with E-state index in [1.54, 1.807) is 18.1 Å². The summed E-state index contributed by atoms with van der Waals surface area (Å²) in [5, 5.41) is 9.24. The van der Waals surface area contributed by atoms with Gasteiger partial charge in [0.25, 0.3) is 0 Å². The topological polar surface area (TPSA) is 68.2 Å². The van der Waals surface area contributed by atoms with E-state index in [-0.39, 0.29) is 31.5 Å². The zero-order valence-corrected chi connectivity index (χ0v) is 14.7. The standard InChI is InChI=1S/C20H23NO5/c1-24-18-11-21(20(23)25-14-15-6-3-2-4-7-15)12-19(18)26-17-9-5-8-16(10-17)13-22/h2-10,18-19,22H,11-14H2,1H3/t18-,19-/m0/s1. The summed E-state index contributed by atoms with van der Waals surface area (Å²) < 4.78 is 16.8. The maximum absolute atomic E-state index is 12.3. The highest BCUT2D eigenvalue weighted by Crippen LogP contribution is 2.22. The van der Waals surface area contributed by atoms with E-state index in [1.165, 1.54) is 0 Å². The van der Waals surface area contributed by atoms with E-state index < -0.39 is 0 Å². The number of carbonyl (C=O) groups excluding carboxylic acids is 1. The summed E-state index contributed by atoms with van der Waals surface area (Å²) in [5.74, 6) is 0.642. The zero-order chi connectivity index (χ0) is 18.4. The highest BCUT2D eigenvalue weighted by Gasteiger charge is 2.37. The van der Waals surface area contributed by atoms with Gasteiger partial charge in [-0.3, -0.25) is 0 Å². The van der Waals surface area contributed by atoms with Gasteiger partial charge in [0.2, 0.25) is 0 Å². The molecule has 0 unspecified atom stereocenters. The predicted octanol–water partition coefficient (Wildman–Crippen LogP) is 2.59. The van der Waals surface area contributed by atoms with Gasteiger partial charge in [0.15, 0.2) is 0 Å². The first-order valence-electron chi connectivity index (χ1n) is 8.54. The number of benzene rings is 2. The SMILES string of the molecule is CO[C@H]1CN(C(=O)OCc2ccccc2)C[C@@H]1Oc1cccc(CO)c1. The van der Waals surface area contributed by atoms with Crippen LogP contribution >= 0.6 is 0 Å². The molecule has 1 N–H and O–H groups in total. The van der Waals surface area contributed by atoms with Gasteiger partial charge in [0, 0.05) is 7.11 Å². The van der Waals surface area contributed by atoms with Gasteiger partial charge in [0.1, 0.15) is 24.6 Å². The van der Waals surface area contributed by atoms with Crippen molar-refractivity contribution in [1.29, 1.82) is 0 Å². The maximum atomic E-state index is 12.3. The summed E-state index contributed by atoms with van der Waals surface area (Å²) in [4.78, 5) is 13.9. The molecule has 0 aromatic heterocycles. The molecule has 6 heteroatoms. The Labute approximate surface area is 152 Å². The summed E-state index contributed by atoms with van der Waals surface area (Å²) in [6, 6.07) is 16.8. The van der Waals surface area contributed by atoms with Crippen LogP contribution in [0.15, 0.2) is 54.6 Å². The second-order valence-electron chi connectivity index (χ2n) is 6.18. The van der Waals surface area contributed by atoms with Crippen molar-refractivity contribution in [1.82, 2.24) is 4.90 Å². The van der Waals surface area contributed by atoms with E-state index in [9.17, 15) is 9.90 Å². The van der Waals surface area contributed by atoms with E-state index in [2.05, 4.69) is 0 Å². The van der Waals surface area contributed by atoms with Gasteiger partial charge in [-0.05, 0) is 23.3 Å². The van der Waals surface area contributed by atoms with Crippen LogP contribution in [0.3, 0.4) is 0 Å². The molecule has 1 amide bonds. The molecular weight excluding hydrogens is 334 g/mol. The van der Waals surface area contributed by atoms with Gasteiger partial charge in [-0.15, -0.1) is 0 Å². The number of ether oxygens (including phenoxy) is 3. The number of methoxy groups -OCH3 is 1. The molecular formula is C20H23NO5. The number of nitrogens with zero attached hydrogens (tertiary/aromatic N) is 1. The monoisotopic (exact) mass is 357 g/mol. The first kappa shape index (κ1) is 18.2. The molecule has 0 spiro atoms. The van der Waals surface area contributed by atoms with Crippen molar-refractivity contribution >= 4 is 6.09 Å². The van der Waals surface area contributed by atoms with E-state index in [0.29, 0.717) is 18.8 Å². The molecule has 0 aliphatic carbocycles. The second-order valence-corrected chi connectivity index (χ2v) is 6.18. The smallest absolute Gasteiger partial charge is 0.410 e. The molecule has 0 bridgehead atoms. The summed E-state index contributed by atoms with van der Waals surface area (Å²) in [5.41, 5.74) is 1.71. The molecule has 1 fully saturated rings. The Morgan fingerprint density at radius 3 is 2.54 bits per heavy atom. The molecule has 6 nitrogen and oxygen atoms in total. The van der Waals surface area contributed by atoms with Crippen LogP contribution in [0.2, 0.25) is 0 Å². The summed E-state index contributed by atoms with van der Waals surface area (Å²) >= 11 is 0. The zero-order valence-electron chi connectivity index (χ0n) is 14.7.